The van der Waals surface area contributed by atoms with E-state index in [-0.39, 0.29) is 5.57 Å². The Labute approximate surface area is 76.8 Å². The molecule has 72 valence electrons. The van der Waals surface area contributed by atoms with Gasteiger partial charge in [0, 0.05) is 0 Å². The van der Waals surface area contributed by atoms with Crippen LogP contribution in [0.3, 0.4) is 0 Å². The second-order valence-corrected chi connectivity index (χ2v) is 2.39. The zero-order valence-corrected chi connectivity index (χ0v) is 7.92. The Bertz CT molecular complexity index is 245. The highest BCUT2D eigenvalue weighted by Gasteiger charge is 2.18. The molecule has 0 saturated carbocycles. The van der Waals surface area contributed by atoms with E-state index < -0.39 is 11.9 Å². The molecule has 0 aromatic heterocycles. The molecule has 0 fully saturated rings. The van der Waals surface area contributed by atoms with Crippen LogP contribution in [0.15, 0.2) is 23.8 Å². The van der Waals surface area contributed by atoms with Crippen molar-refractivity contribution >= 4 is 11.9 Å². The third-order valence-corrected chi connectivity index (χ3v) is 1.20. The van der Waals surface area contributed by atoms with E-state index in [1.54, 1.807) is 6.92 Å². The van der Waals surface area contributed by atoms with Crippen LogP contribution in [0.1, 0.15) is 6.92 Å². The van der Waals surface area contributed by atoms with Gasteiger partial charge in [0.25, 0.3) is 0 Å². The van der Waals surface area contributed by atoms with Crippen LogP contribution < -0.4 is 0 Å². The number of hydrogen-bond donors (Lipinski definition) is 0. The van der Waals surface area contributed by atoms with Crippen LogP contribution in [0.4, 0.5) is 0 Å². The summed E-state index contributed by atoms with van der Waals surface area (Å²) in [5, 5.41) is 0. The normalized spacial score (nSPS) is 8.54. The fourth-order valence-electron chi connectivity index (χ4n) is 0.667. The molecule has 0 saturated heterocycles. The average molecular weight is 184 g/mol. The molecule has 4 heteroatoms. The lowest BCUT2D eigenvalue weighted by atomic mass is 10.2. The van der Waals surface area contributed by atoms with Gasteiger partial charge in [-0.3, -0.25) is 0 Å². The van der Waals surface area contributed by atoms with Crippen LogP contribution in [0.2, 0.25) is 0 Å². The van der Waals surface area contributed by atoms with E-state index in [4.69, 9.17) is 0 Å². The Kier molecular flexibility index (Phi) is 4.51. The molecule has 0 rings (SSSR count). The van der Waals surface area contributed by atoms with Gasteiger partial charge >= 0.3 is 11.9 Å². The van der Waals surface area contributed by atoms with Crippen molar-refractivity contribution in [2.45, 2.75) is 6.92 Å². The van der Waals surface area contributed by atoms with Crippen molar-refractivity contribution in [2.75, 3.05) is 14.2 Å². The van der Waals surface area contributed by atoms with Crippen LogP contribution in [0, 0.1) is 0 Å². The first-order valence-electron chi connectivity index (χ1n) is 3.56. The Morgan fingerprint density at radius 3 is 1.77 bits per heavy atom. The van der Waals surface area contributed by atoms with E-state index >= 15 is 0 Å². The summed E-state index contributed by atoms with van der Waals surface area (Å²) in [5.41, 5.74) is 0.420. The van der Waals surface area contributed by atoms with E-state index in [9.17, 15) is 9.59 Å². The minimum atomic E-state index is -0.727. The van der Waals surface area contributed by atoms with Crippen molar-refractivity contribution in [2.24, 2.45) is 0 Å². The first-order valence-corrected chi connectivity index (χ1v) is 3.56. The summed E-state index contributed by atoms with van der Waals surface area (Å²) in [4.78, 5) is 22.0. The lowest BCUT2D eigenvalue weighted by Crippen LogP contribution is -2.15. The maximum Gasteiger partial charge on any atom is 0.345 e. The third kappa shape index (κ3) is 3.55. The molecule has 0 amide bonds. The molecule has 0 aromatic rings. The topological polar surface area (TPSA) is 52.6 Å². The summed E-state index contributed by atoms with van der Waals surface area (Å²) < 4.78 is 8.77. The SMILES string of the molecule is C=C(C)C=C(C(=O)OC)C(=O)OC. The van der Waals surface area contributed by atoms with E-state index in [0.29, 0.717) is 5.57 Å². The van der Waals surface area contributed by atoms with Gasteiger partial charge in [0.2, 0.25) is 0 Å². The van der Waals surface area contributed by atoms with Crippen molar-refractivity contribution < 1.29 is 19.1 Å². The van der Waals surface area contributed by atoms with Crippen molar-refractivity contribution in [3.8, 4) is 0 Å². The largest absolute Gasteiger partial charge is 0.465 e. The van der Waals surface area contributed by atoms with E-state index in [1.807, 2.05) is 0 Å². The van der Waals surface area contributed by atoms with Crippen molar-refractivity contribution in [1.82, 2.24) is 0 Å². The van der Waals surface area contributed by atoms with Gasteiger partial charge in [0.1, 0.15) is 5.57 Å². The molecule has 0 aromatic carbocycles. The molecule has 0 radical (unpaired) electrons. The number of carbonyl (C=O) groups is 2. The van der Waals surface area contributed by atoms with Gasteiger partial charge in [0.15, 0.2) is 0 Å². The Morgan fingerprint density at radius 1 is 1.15 bits per heavy atom. The van der Waals surface area contributed by atoms with Crippen molar-refractivity contribution in [1.29, 1.82) is 0 Å². The van der Waals surface area contributed by atoms with Crippen molar-refractivity contribution in [3.63, 3.8) is 0 Å². The highest BCUT2D eigenvalue weighted by molar-refractivity contribution is 6.14. The lowest BCUT2D eigenvalue weighted by Gasteiger charge is -2.02. The quantitative estimate of drug-likeness (QED) is 0.214. The highest BCUT2D eigenvalue weighted by atomic mass is 16.5. The molecular formula is C9H12O4. The van der Waals surface area contributed by atoms with Gasteiger partial charge in [-0.1, -0.05) is 12.2 Å². The molecule has 0 aliphatic rings. The summed E-state index contributed by atoms with van der Waals surface area (Å²) in [6.07, 6.45) is 1.32. The molecule has 0 bridgehead atoms. The van der Waals surface area contributed by atoms with Gasteiger partial charge in [-0.15, -0.1) is 0 Å². The molecule has 0 N–H and O–H groups in total. The molecule has 0 unspecified atom stereocenters. The zero-order chi connectivity index (χ0) is 10.4. The number of allylic oxidation sites excluding steroid dienone is 2. The monoisotopic (exact) mass is 184 g/mol. The van der Waals surface area contributed by atoms with Gasteiger partial charge in [-0.2, -0.15) is 0 Å². The molecule has 0 aliphatic carbocycles. The van der Waals surface area contributed by atoms with Crippen LogP contribution >= 0.6 is 0 Å². The minimum Gasteiger partial charge on any atom is -0.465 e. The summed E-state index contributed by atoms with van der Waals surface area (Å²) in [6.45, 7) is 5.19. The maximum absolute atomic E-state index is 11.0. The summed E-state index contributed by atoms with van der Waals surface area (Å²) in [7, 11) is 2.38. The average Bonchev–Trinajstić information content (AvgIpc) is 2.11. The van der Waals surface area contributed by atoms with Crippen LogP contribution in [0.5, 0.6) is 0 Å². The van der Waals surface area contributed by atoms with Crippen LogP contribution in [-0.4, -0.2) is 26.2 Å². The Hall–Kier alpha value is -1.58. The zero-order valence-electron chi connectivity index (χ0n) is 7.92. The van der Waals surface area contributed by atoms with Crippen LogP contribution in [-0.2, 0) is 19.1 Å². The molecule has 13 heavy (non-hydrogen) atoms. The molecule has 0 atom stereocenters. The first-order chi connectivity index (χ1) is 6.02. The summed E-state index contributed by atoms with van der Waals surface area (Å²) in [6, 6.07) is 0. The number of carbonyl (C=O) groups excluding carboxylic acids is 2. The van der Waals surface area contributed by atoms with Crippen molar-refractivity contribution in [3.05, 3.63) is 23.8 Å². The molecule has 0 spiro atoms. The number of esters is 2. The Morgan fingerprint density at radius 2 is 1.54 bits per heavy atom. The second-order valence-electron chi connectivity index (χ2n) is 2.39. The lowest BCUT2D eigenvalue weighted by molar-refractivity contribution is -0.144. The highest BCUT2D eigenvalue weighted by Crippen LogP contribution is 2.04. The molecule has 0 heterocycles. The summed E-state index contributed by atoms with van der Waals surface area (Å²) >= 11 is 0. The van der Waals surface area contributed by atoms with E-state index in [2.05, 4.69) is 16.1 Å². The molecular weight excluding hydrogens is 172 g/mol. The predicted octanol–water partition coefficient (Wildman–Crippen LogP) is 0.835. The van der Waals surface area contributed by atoms with E-state index in [1.165, 1.54) is 20.3 Å². The molecule has 0 aliphatic heterocycles. The predicted molar refractivity (Wildman–Crippen MR) is 46.9 cm³/mol. The number of hydrogen-bond acceptors (Lipinski definition) is 4. The smallest absolute Gasteiger partial charge is 0.345 e. The Balaban J connectivity index is 4.86. The third-order valence-electron chi connectivity index (χ3n) is 1.20. The van der Waals surface area contributed by atoms with Gasteiger partial charge in [0.05, 0.1) is 14.2 Å². The summed E-state index contributed by atoms with van der Waals surface area (Å²) in [5.74, 6) is -1.45. The van der Waals surface area contributed by atoms with Gasteiger partial charge < -0.3 is 9.47 Å². The van der Waals surface area contributed by atoms with Gasteiger partial charge in [-0.05, 0) is 13.0 Å². The number of rotatable bonds is 3. The first kappa shape index (κ1) is 11.4. The van der Waals surface area contributed by atoms with E-state index in [0.717, 1.165) is 0 Å². The molecule has 4 nitrogen and oxygen atoms in total. The minimum absolute atomic E-state index is 0.155. The fourth-order valence-corrected chi connectivity index (χ4v) is 0.667. The van der Waals surface area contributed by atoms with Gasteiger partial charge in [-0.25, -0.2) is 9.59 Å². The standard InChI is InChI=1S/C9H12O4/c1-6(2)5-7(8(10)12-3)9(11)13-4/h5H,1H2,2-4H3. The second kappa shape index (κ2) is 5.13. The number of ether oxygens (including phenoxy) is 2. The fraction of sp³-hybridized carbons (Fsp3) is 0.333. The van der Waals surface area contributed by atoms with Crippen LogP contribution in [0.25, 0.3) is 0 Å². The number of methoxy groups -OCH3 is 2. The maximum atomic E-state index is 11.0.